The number of esters is 1. The summed E-state index contributed by atoms with van der Waals surface area (Å²) in [7, 11) is 1.40. The van der Waals surface area contributed by atoms with Crippen molar-refractivity contribution in [3.63, 3.8) is 0 Å². The number of aromatic nitrogens is 1. The molecule has 1 heterocycles. The maximum absolute atomic E-state index is 12.2. The lowest BCUT2D eigenvalue weighted by Gasteiger charge is -2.12. The van der Waals surface area contributed by atoms with Gasteiger partial charge < -0.3 is 4.74 Å². The number of ether oxygens (including phenoxy) is 1. The lowest BCUT2D eigenvalue weighted by atomic mass is 9.93. The fourth-order valence-corrected chi connectivity index (χ4v) is 3.14. The molecule has 3 aromatic carbocycles. The molecule has 0 aliphatic carbocycles. The number of carbonyl (C=O) groups is 1. The number of rotatable bonds is 2. The SMILES string of the molecule is COC(=O)c1ccccc1-c1cccc2ccc3cccnc3c12. The van der Waals surface area contributed by atoms with Gasteiger partial charge in [-0.25, -0.2) is 4.79 Å². The van der Waals surface area contributed by atoms with Crippen LogP contribution < -0.4 is 0 Å². The van der Waals surface area contributed by atoms with Crippen molar-refractivity contribution in [2.24, 2.45) is 0 Å². The van der Waals surface area contributed by atoms with Crippen LogP contribution in [0.2, 0.25) is 0 Å². The number of methoxy groups -OCH3 is 1. The summed E-state index contributed by atoms with van der Waals surface area (Å²) in [6.45, 7) is 0. The second kappa shape index (κ2) is 5.78. The number of pyridine rings is 1. The predicted molar refractivity (Wildman–Crippen MR) is 96.0 cm³/mol. The third-order valence-corrected chi connectivity index (χ3v) is 4.24. The zero-order valence-corrected chi connectivity index (χ0v) is 13.2. The lowest BCUT2D eigenvalue weighted by molar-refractivity contribution is 0.0601. The van der Waals surface area contributed by atoms with Gasteiger partial charge >= 0.3 is 5.97 Å². The van der Waals surface area contributed by atoms with Gasteiger partial charge in [0.15, 0.2) is 0 Å². The molecule has 0 saturated heterocycles. The van der Waals surface area contributed by atoms with E-state index in [1.165, 1.54) is 7.11 Å². The molecule has 0 radical (unpaired) electrons. The molecule has 0 bridgehead atoms. The third-order valence-electron chi connectivity index (χ3n) is 4.24. The van der Waals surface area contributed by atoms with Gasteiger partial charge in [-0.05, 0) is 28.6 Å². The van der Waals surface area contributed by atoms with Crippen LogP contribution in [0.1, 0.15) is 10.4 Å². The van der Waals surface area contributed by atoms with E-state index in [2.05, 4.69) is 23.2 Å². The molecule has 3 nitrogen and oxygen atoms in total. The Bertz CT molecular complexity index is 1070. The Morgan fingerprint density at radius 1 is 0.833 bits per heavy atom. The summed E-state index contributed by atoms with van der Waals surface area (Å²) in [6, 6.07) is 21.7. The van der Waals surface area contributed by atoms with E-state index in [-0.39, 0.29) is 5.97 Å². The van der Waals surface area contributed by atoms with E-state index in [0.29, 0.717) is 5.56 Å². The summed E-state index contributed by atoms with van der Waals surface area (Å²) in [6.07, 6.45) is 1.80. The number of hydrogen-bond acceptors (Lipinski definition) is 3. The van der Waals surface area contributed by atoms with Crippen molar-refractivity contribution in [2.75, 3.05) is 7.11 Å². The van der Waals surface area contributed by atoms with Crippen LogP contribution in [0.15, 0.2) is 72.9 Å². The molecule has 0 amide bonds. The minimum absolute atomic E-state index is 0.337. The predicted octanol–water partition coefficient (Wildman–Crippen LogP) is 4.84. The van der Waals surface area contributed by atoms with Crippen molar-refractivity contribution in [1.29, 1.82) is 0 Å². The van der Waals surface area contributed by atoms with Gasteiger partial charge in [-0.3, -0.25) is 4.98 Å². The molecular weight excluding hydrogens is 298 g/mol. The van der Waals surface area contributed by atoms with Gasteiger partial charge in [0, 0.05) is 17.0 Å². The fourth-order valence-electron chi connectivity index (χ4n) is 3.14. The first-order valence-electron chi connectivity index (χ1n) is 7.74. The number of fused-ring (bicyclic) bond motifs is 3. The van der Waals surface area contributed by atoms with Crippen LogP contribution in [0, 0.1) is 0 Å². The monoisotopic (exact) mass is 313 g/mol. The first kappa shape index (κ1) is 14.4. The normalized spacial score (nSPS) is 10.9. The van der Waals surface area contributed by atoms with Gasteiger partial charge in [-0.1, -0.05) is 54.6 Å². The first-order chi connectivity index (χ1) is 11.8. The van der Waals surface area contributed by atoms with Crippen molar-refractivity contribution >= 4 is 27.6 Å². The van der Waals surface area contributed by atoms with E-state index >= 15 is 0 Å². The first-order valence-corrected chi connectivity index (χ1v) is 7.74. The molecule has 1 aromatic heterocycles. The van der Waals surface area contributed by atoms with Crippen LogP contribution >= 0.6 is 0 Å². The van der Waals surface area contributed by atoms with Gasteiger partial charge in [0.25, 0.3) is 0 Å². The maximum atomic E-state index is 12.2. The van der Waals surface area contributed by atoms with Crippen molar-refractivity contribution < 1.29 is 9.53 Å². The molecule has 0 N–H and O–H groups in total. The van der Waals surface area contributed by atoms with Gasteiger partial charge in [0.1, 0.15) is 0 Å². The number of hydrogen-bond donors (Lipinski definition) is 0. The molecular formula is C21H15NO2. The highest BCUT2D eigenvalue weighted by molar-refractivity contribution is 6.14. The lowest BCUT2D eigenvalue weighted by Crippen LogP contribution is -2.03. The molecule has 0 fully saturated rings. The Kier molecular flexibility index (Phi) is 3.47. The Morgan fingerprint density at radius 2 is 1.58 bits per heavy atom. The molecule has 0 aliphatic heterocycles. The minimum Gasteiger partial charge on any atom is -0.465 e. The van der Waals surface area contributed by atoms with E-state index in [9.17, 15) is 4.79 Å². The zero-order chi connectivity index (χ0) is 16.5. The second-order valence-electron chi connectivity index (χ2n) is 5.58. The van der Waals surface area contributed by atoms with Crippen LogP contribution in [0.3, 0.4) is 0 Å². The van der Waals surface area contributed by atoms with E-state index in [0.717, 1.165) is 32.8 Å². The highest BCUT2D eigenvalue weighted by atomic mass is 16.5. The smallest absolute Gasteiger partial charge is 0.338 e. The van der Waals surface area contributed by atoms with Crippen molar-refractivity contribution in [2.45, 2.75) is 0 Å². The Balaban J connectivity index is 2.12. The van der Waals surface area contributed by atoms with Crippen LogP contribution in [-0.4, -0.2) is 18.1 Å². The topological polar surface area (TPSA) is 39.2 Å². The van der Waals surface area contributed by atoms with E-state index in [4.69, 9.17) is 4.74 Å². The number of benzene rings is 3. The van der Waals surface area contributed by atoms with Gasteiger partial charge in [-0.2, -0.15) is 0 Å². The van der Waals surface area contributed by atoms with Crippen LogP contribution in [0.4, 0.5) is 0 Å². The molecule has 0 aliphatic rings. The average molecular weight is 313 g/mol. The van der Waals surface area contributed by atoms with Crippen molar-refractivity contribution in [3.05, 3.63) is 78.5 Å². The average Bonchev–Trinajstić information content (AvgIpc) is 2.66. The standard InChI is InChI=1S/C21H15NO2/c1-24-21(23)18-9-3-2-8-16(18)17-10-4-6-14-11-12-15-7-5-13-22-20(15)19(14)17/h2-13H,1H3. The molecule has 3 heteroatoms. The third kappa shape index (κ3) is 2.22. The van der Waals surface area contributed by atoms with Gasteiger partial charge in [0.2, 0.25) is 0 Å². The molecule has 24 heavy (non-hydrogen) atoms. The zero-order valence-electron chi connectivity index (χ0n) is 13.2. The Hall–Kier alpha value is -3.20. The van der Waals surface area contributed by atoms with Gasteiger partial charge in [0.05, 0.1) is 18.2 Å². The molecule has 4 rings (SSSR count). The summed E-state index contributed by atoms with van der Waals surface area (Å²) in [5, 5.41) is 3.22. The minimum atomic E-state index is -0.337. The van der Waals surface area contributed by atoms with Gasteiger partial charge in [-0.15, -0.1) is 0 Å². The largest absolute Gasteiger partial charge is 0.465 e. The summed E-state index contributed by atoms with van der Waals surface area (Å²) in [4.78, 5) is 16.7. The number of carbonyl (C=O) groups excluding carboxylic acids is 1. The van der Waals surface area contributed by atoms with Crippen LogP contribution in [0.25, 0.3) is 32.8 Å². The highest BCUT2D eigenvalue weighted by Crippen LogP contribution is 2.35. The molecule has 0 atom stereocenters. The summed E-state index contributed by atoms with van der Waals surface area (Å²) in [5.74, 6) is -0.337. The molecule has 116 valence electrons. The molecule has 4 aromatic rings. The molecule has 0 saturated carbocycles. The summed E-state index contributed by atoms with van der Waals surface area (Å²) in [5.41, 5.74) is 3.33. The Morgan fingerprint density at radius 3 is 2.46 bits per heavy atom. The summed E-state index contributed by atoms with van der Waals surface area (Å²) < 4.78 is 4.94. The molecule has 0 unspecified atom stereocenters. The summed E-state index contributed by atoms with van der Waals surface area (Å²) >= 11 is 0. The highest BCUT2D eigenvalue weighted by Gasteiger charge is 2.15. The Labute approximate surface area is 139 Å². The van der Waals surface area contributed by atoms with E-state index < -0.39 is 0 Å². The fraction of sp³-hybridized carbons (Fsp3) is 0.0476. The maximum Gasteiger partial charge on any atom is 0.338 e. The molecule has 0 spiro atoms. The quantitative estimate of drug-likeness (QED) is 0.392. The van der Waals surface area contributed by atoms with Crippen molar-refractivity contribution in [1.82, 2.24) is 4.98 Å². The van der Waals surface area contributed by atoms with E-state index in [1.54, 1.807) is 12.3 Å². The number of nitrogens with zero attached hydrogens (tertiary/aromatic N) is 1. The second-order valence-corrected chi connectivity index (χ2v) is 5.58. The van der Waals surface area contributed by atoms with Crippen LogP contribution in [-0.2, 0) is 4.74 Å². The van der Waals surface area contributed by atoms with Crippen molar-refractivity contribution in [3.8, 4) is 11.1 Å². The van der Waals surface area contributed by atoms with E-state index in [1.807, 2.05) is 42.5 Å². The van der Waals surface area contributed by atoms with Crippen LogP contribution in [0.5, 0.6) is 0 Å².